The molecule has 0 unspecified atom stereocenters. The number of phenols is 1. The van der Waals surface area contributed by atoms with Crippen molar-refractivity contribution >= 4 is 11.8 Å². The molecule has 0 saturated carbocycles. The van der Waals surface area contributed by atoms with E-state index in [1.165, 1.54) is 17.7 Å². The third-order valence-electron chi connectivity index (χ3n) is 7.09. The molecule has 0 aliphatic carbocycles. The first kappa shape index (κ1) is 28.3. The summed E-state index contributed by atoms with van der Waals surface area (Å²) in [6.45, 7) is 6.52. The van der Waals surface area contributed by atoms with E-state index in [9.17, 15) is 14.7 Å². The SMILES string of the molecule is CC(C)(C)c1ccc(-n2nc(-c3cccnc3)cc2-c2cccc(C(=O)N[C@@H](Cc3ccc(O)cc3)C(N)=O)c2)cc1. The van der Waals surface area contributed by atoms with Gasteiger partial charge in [-0.2, -0.15) is 5.10 Å². The van der Waals surface area contributed by atoms with Crippen molar-refractivity contribution < 1.29 is 14.7 Å². The molecule has 212 valence electrons. The van der Waals surface area contributed by atoms with Crippen molar-refractivity contribution in [2.24, 2.45) is 5.73 Å². The average molecular weight is 560 g/mol. The monoisotopic (exact) mass is 559 g/mol. The number of aromatic hydroxyl groups is 1. The van der Waals surface area contributed by atoms with Gasteiger partial charge in [-0.15, -0.1) is 0 Å². The molecule has 2 amide bonds. The largest absolute Gasteiger partial charge is 0.508 e. The fraction of sp³-hybridized carbons (Fsp3) is 0.176. The van der Waals surface area contributed by atoms with E-state index < -0.39 is 17.9 Å². The number of benzene rings is 3. The lowest BCUT2D eigenvalue weighted by molar-refractivity contribution is -0.119. The maximum Gasteiger partial charge on any atom is 0.251 e. The zero-order valence-electron chi connectivity index (χ0n) is 23.8. The molecule has 2 aromatic heterocycles. The molecule has 0 aliphatic rings. The summed E-state index contributed by atoms with van der Waals surface area (Å²) in [6, 6.07) is 26.8. The van der Waals surface area contributed by atoms with Crippen molar-refractivity contribution in [2.75, 3.05) is 0 Å². The Bertz CT molecular complexity index is 1700. The number of hydrogen-bond acceptors (Lipinski definition) is 5. The first-order valence-electron chi connectivity index (χ1n) is 13.7. The number of carbonyl (C=O) groups excluding carboxylic acids is 2. The predicted octanol–water partition coefficient (Wildman–Crippen LogP) is 5.43. The van der Waals surface area contributed by atoms with Crippen LogP contribution >= 0.6 is 0 Å². The minimum absolute atomic E-state index is 0.0130. The van der Waals surface area contributed by atoms with Crippen molar-refractivity contribution in [3.05, 3.63) is 120 Å². The fourth-order valence-corrected chi connectivity index (χ4v) is 4.69. The third-order valence-corrected chi connectivity index (χ3v) is 7.09. The summed E-state index contributed by atoms with van der Waals surface area (Å²) in [6.07, 6.45) is 3.68. The van der Waals surface area contributed by atoms with Crippen molar-refractivity contribution in [1.29, 1.82) is 0 Å². The number of aromatic nitrogens is 3. The highest BCUT2D eigenvalue weighted by molar-refractivity contribution is 5.98. The predicted molar refractivity (Wildman–Crippen MR) is 163 cm³/mol. The van der Waals surface area contributed by atoms with Crippen LogP contribution in [-0.2, 0) is 16.6 Å². The third kappa shape index (κ3) is 6.39. The molecular formula is C34H33N5O3. The second-order valence-corrected chi connectivity index (χ2v) is 11.2. The van der Waals surface area contributed by atoms with Gasteiger partial charge in [0.1, 0.15) is 11.8 Å². The molecule has 5 aromatic rings. The lowest BCUT2D eigenvalue weighted by Gasteiger charge is -2.19. The summed E-state index contributed by atoms with van der Waals surface area (Å²) in [4.78, 5) is 29.7. The number of hydrogen-bond donors (Lipinski definition) is 3. The lowest BCUT2D eigenvalue weighted by atomic mass is 9.87. The summed E-state index contributed by atoms with van der Waals surface area (Å²) in [5.74, 6) is -0.954. The molecule has 2 heterocycles. The van der Waals surface area contributed by atoms with Gasteiger partial charge in [0.25, 0.3) is 5.91 Å². The zero-order chi connectivity index (χ0) is 29.9. The van der Waals surface area contributed by atoms with Crippen LogP contribution in [-0.4, -0.2) is 37.7 Å². The van der Waals surface area contributed by atoms with Crippen molar-refractivity contribution in [1.82, 2.24) is 20.1 Å². The fourth-order valence-electron chi connectivity index (χ4n) is 4.69. The van der Waals surface area contributed by atoms with Crippen LogP contribution in [0.25, 0.3) is 28.2 Å². The standard InChI is InChI=1S/C34H33N5O3/c1-34(2,3)26-11-13-27(14-12-26)39-31(20-29(38-39)25-8-5-17-36-21-25)23-6-4-7-24(19-23)33(42)37-30(32(35)41)18-22-9-15-28(40)16-10-22/h4-17,19-21,30,40H,18H2,1-3H3,(H2,35,41)(H,37,42)/t30-/m0/s1. The maximum absolute atomic E-state index is 13.3. The van der Waals surface area contributed by atoms with E-state index in [0.29, 0.717) is 5.56 Å². The van der Waals surface area contributed by atoms with Crippen LogP contribution < -0.4 is 11.1 Å². The van der Waals surface area contributed by atoms with Gasteiger partial charge < -0.3 is 16.2 Å². The Morgan fingerprint density at radius 3 is 2.29 bits per heavy atom. The molecule has 0 saturated heterocycles. The van der Waals surface area contributed by atoms with Crippen LogP contribution in [0.4, 0.5) is 0 Å². The molecule has 0 aliphatic heterocycles. The van der Waals surface area contributed by atoms with Crippen molar-refractivity contribution in [3.8, 4) is 34.0 Å². The first-order valence-corrected chi connectivity index (χ1v) is 13.7. The summed E-state index contributed by atoms with van der Waals surface area (Å²) >= 11 is 0. The van der Waals surface area contributed by atoms with E-state index in [1.807, 2.05) is 41.1 Å². The van der Waals surface area contributed by atoms with Gasteiger partial charge in [0, 0.05) is 35.5 Å². The smallest absolute Gasteiger partial charge is 0.251 e. The van der Waals surface area contributed by atoms with Crippen molar-refractivity contribution in [3.63, 3.8) is 0 Å². The van der Waals surface area contributed by atoms with E-state index in [1.54, 1.807) is 42.7 Å². The number of nitrogens with one attached hydrogen (secondary N) is 1. The van der Waals surface area contributed by atoms with Crippen LogP contribution in [0.15, 0.2) is 103 Å². The number of phenolic OH excluding ortho intramolecular Hbond substituents is 1. The van der Waals surface area contributed by atoms with Crippen LogP contribution in [0.3, 0.4) is 0 Å². The Labute approximate surface area is 244 Å². The molecule has 4 N–H and O–H groups in total. The first-order chi connectivity index (χ1) is 20.1. The minimum Gasteiger partial charge on any atom is -0.508 e. The Balaban J connectivity index is 1.48. The molecule has 8 heteroatoms. The molecule has 8 nitrogen and oxygen atoms in total. The number of nitrogens with zero attached hydrogens (tertiary/aromatic N) is 3. The average Bonchev–Trinajstić information content (AvgIpc) is 3.44. The van der Waals surface area contributed by atoms with E-state index in [2.05, 4.69) is 43.2 Å². The number of carbonyl (C=O) groups is 2. The highest BCUT2D eigenvalue weighted by atomic mass is 16.3. The summed E-state index contributed by atoms with van der Waals surface area (Å²) in [5, 5.41) is 17.2. The topological polar surface area (TPSA) is 123 Å². The number of pyridine rings is 1. The molecular weight excluding hydrogens is 526 g/mol. The highest BCUT2D eigenvalue weighted by Crippen LogP contribution is 2.30. The number of rotatable bonds is 8. The van der Waals surface area contributed by atoms with E-state index in [-0.39, 0.29) is 17.6 Å². The van der Waals surface area contributed by atoms with Crippen LogP contribution in [0.5, 0.6) is 5.75 Å². The van der Waals surface area contributed by atoms with Gasteiger partial charge in [0.2, 0.25) is 5.91 Å². The Morgan fingerprint density at radius 1 is 0.929 bits per heavy atom. The van der Waals surface area contributed by atoms with Crippen molar-refractivity contribution in [2.45, 2.75) is 38.6 Å². The molecule has 0 radical (unpaired) electrons. The van der Waals surface area contributed by atoms with Gasteiger partial charge in [-0.1, -0.05) is 57.2 Å². The molecule has 5 rings (SSSR count). The molecule has 0 spiro atoms. The van der Waals surface area contributed by atoms with E-state index in [4.69, 9.17) is 10.8 Å². The minimum atomic E-state index is -0.922. The lowest BCUT2D eigenvalue weighted by Crippen LogP contribution is -2.45. The summed E-state index contributed by atoms with van der Waals surface area (Å²) in [7, 11) is 0. The Hall–Kier alpha value is -5.24. The van der Waals surface area contributed by atoms with E-state index >= 15 is 0 Å². The Kier molecular flexibility index (Phi) is 7.88. The molecule has 0 bridgehead atoms. The van der Waals surface area contributed by atoms with Gasteiger partial charge in [-0.3, -0.25) is 14.6 Å². The zero-order valence-corrected chi connectivity index (χ0v) is 23.8. The van der Waals surface area contributed by atoms with Gasteiger partial charge in [-0.25, -0.2) is 4.68 Å². The summed E-state index contributed by atoms with van der Waals surface area (Å²) < 4.78 is 1.86. The maximum atomic E-state index is 13.3. The normalized spacial score (nSPS) is 12.1. The molecule has 1 atom stereocenters. The summed E-state index contributed by atoms with van der Waals surface area (Å²) in [5.41, 5.74) is 12.1. The number of amides is 2. The second-order valence-electron chi connectivity index (χ2n) is 11.2. The van der Waals surface area contributed by atoms with Crippen LogP contribution in [0, 0.1) is 0 Å². The van der Waals surface area contributed by atoms with Crippen LogP contribution in [0.1, 0.15) is 42.3 Å². The van der Waals surface area contributed by atoms with Gasteiger partial charge in [0.15, 0.2) is 0 Å². The molecule has 42 heavy (non-hydrogen) atoms. The highest BCUT2D eigenvalue weighted by Gasteiger charge is 2.21. The molecule has 3 aromatic carbocycles. The van der Waals surface area contributed by atoms with Gasteiger partial charge in [-0.05, 0) is 71.1 Å². The quantitative estimate of drug-likeness (QED) is 0.234. The van der Waals surface area contributed by atoms with Gasteiger partial charge in [0.05, 0.1) is 17.1 Å². The van der Waals surface area contributed by atoms with E-state index in [0.717, 1.165) is 33.8 Å². The molecule has 0 fully saturated rings. The second kappa shape index (κ2) is 11.7. The number of nitrogens with two attached hydrogens (primary N) is 1. The Morgan fingerprint density at radius 2 is 1.64 bits per heavy atom. The number of primary amides is 1. The van der Waals surface area contributed by atoms with Gasteiger partial charge >= 0.3 is 0 Å². The van der Waals surface area contributed by atoms with Crippen LogP contribution in [0.2, 0.25) is 0 Å².